The molecule has 4 aromatic heterocycles. The number of methoxy groups -OCH3 is 1. The first-order valence-corrected chi connectivity index (χ1v) is 12.0. The lowest BCUT2D eigenvalue weighted by Crippen LogP contribution is -2.06. The molecule has 0 bridgehead atoms. The van der Waals surface area contributed by atoms with Gasteiger partial charge in [-0.1, -0.05) is 0 Å². The fraction of sp³-hybridized carbons (Fsp3) is 0.192. The average molecular weight is 527 g/mol. The smallest absolute Gasteiger partial charge is 0.221 e. The Morgan fingerprint density at radius 1 is 0.974 bits per heavy atom. The quantitative estimate of drug-likeness (QED) is 0.228. The molecule has 0 unspecified atom stereocenters. The van der Waals surface area contributed by atoms with Crippen molar-refractivity contribution in [1.82, 2.24) is 34.8 Å². The number of amides is 1. The zero-order valence-electron chi connectivity index (χ0n) is 21.5. The zero-order chi connectivity index (χ0) is 27.2. The van der Waals surface area contributed by atoms with Crippen molar-refractivity contribution in [3.05, 3.63) is 66.7 Å². The van der Waals surface area contributed by atoms with Gasteiger partial charge in [0.2, 0.25) is 5.91 Å². The molecule has 4 heterocycles. The molecule has 0 aliphatic rings. The van der Waals surface area contributed by atoms with Crippen molar-refractivity contribution in [3.8, 4) is 17.1 Å². The number of imidazole rings is 1. The Labute approximate surface area is 223 Å². The summed E-state index contributed by atoms with van der Waals surface area (Å²) in [6, 6.07) is 14.5. The standard InChI is InChI=1S/C26H26N10O3/c1-16-29-21(14-22(30-16)33-23-13-20(15-27-35-23)39-12-11-38-3)25-26(34-24-5-4-10-28-36(24)25)32-19-8-6-18(7-9-19)31-17(2)37/h4-10,13-15,32H,11-12H2,1-3H3,(H,31,37)(H,29,30,33,35). The van der Waals surface area contributed by atoms with Gasteiger partial charge in [0, 0.05) is 43.7 Å². The number of aromatic nitrogens is 7. The Kier molecular flexibility index (Phi) is 7.50. The molecule has 0 saturated heterocycles. The molecule has 3 N–H and O–H groups in total. The Bertz CT molecular complexity index is 1600. The number of aryl methyl sites for hydroxylation is 1. The lowest BCUT2D eigenvalue weighted by molar-refractivity contribution is -0.114. The van der Waals surface area contributed by atoms with Crippen LogP contribution in [0.5, 0.6) is 5.75 Å². The maximum atomic E-state index is 11.3. The van der Waals surface area contributed by atoms with Gasteiger partial charge in [0.1, 0.15) is 29.7 Å². The predicted octanol–water partition coefficient (Wildman–Crippen LogP) is 3.76. The van der Waals surface area contributed by atoms with Gasteiger partial charge in [-0.3, -0.25) is 4.79 Å². The van der Waals surface area contributed by atoms with Crippen LogP contribution >= 0.6 is 0 Å². The molecule has 13 nitrogen and oxygen atoms in total. The molecule has 5 rings (SSSR count). The van der Waals surface area contributed by atoms with E-state index in [9.17, 15) is 4.79 Å². The van der Waals surface area contributed by atoms with Gasteiger partial charge in [-0.15, -0.1) is 5.10 Å². The van der Waals surface area contributed by atoms with Gasteiger partial charge in [-0.25, -0.2) is 19.5 Å². The van der Waals surface area contributed by atoms with Crippen LogP contribution in [0.3, 0.4) is 0 Å². The van der Waals surface area contributed by atoms with E-state index in [0.717, 1.165) is 5.69 Å². The van der Waals surface area contributed by atoms with Crippen LogP contribution in [0.4, 0.5) is 28.8 Å². The lowest BCUT2D eigenvalue weighted by atomic mass is 10.2. The van der Waals surface area contributed by atoms with E-state index < -0.39 is 0 Å². The summed E-state index contributed by atoms with van der Waals surface area (Å²) in [7, 11) is 1.61. The molecule has 1 amide bonds. The average Bonchev–Trinajstić information content (AvgIpc) is 3.27. The highest BCUT2D eigenvalue weighted by Gasteiger charge is 2.18. The van der Waals surface area contributed by atoms with Crippen molar-refractivity contribution >= 4 is 40.4 Å². The van der Waals surface area contributed by atoms with Crippen LogP contribution in [0.15, 0.2) is 60.9 Å². The number of anilines is 5. The molecule has 0 aliphatic carbocycles. The van der Waals surface area contributed by atoms with Crippen molar-refractivity contribution < 1.29 is 14.3 Å². The molecule has 0 saturated carbocycles. The minimum atomic E-state index is -0.135. The van der Waals surface area contributed by atoms with E-state index >= 15 is 0 Å². The highest BCUT2D eigenvalue weighted by Crippen LogP contribution is 2.31. The van der Waals surface area contributed by atoms with Crippen molar-refractivity contribution in [2.45, 2.75) is 13.8 Å². The summed E-state index contributed by atoms with van der Waals surface area (Å²) in [6.07, 6.45) is 3.21. The first-order valence-electron chi connectivity index (χ1n) is 12.0. The monoisotopic (exact) mass is 526 g/mol. The second-order valence-corrected chi connectivity index (χ2v) is 8.41. The summed E-state index contributed by atoms with van der Waals surface area (Å²) in [5.41, 5.74) is 3.35. The van der Waals surface area contributed by atoms with Crippen LogP contribution in [0.2, 0.25) is 0 Å². The van der Waals surface area contributed by atoms with Gasteiger partial charge in [0.25, 0.3) is 0 Å². The van der Waals surface area contributed by atoms with E-state index in [-0.39, 0.29) is 5.91 Å². The topological polar surface area (TPSA) is 153 Å². The maximum absolute atomic E-state index is 11.3. The van der Waals surface area contributed by atoms with E-state index in [2.05, 4.69) is 41.2 Å². The first kappa shape index (κ1) is 25.5. The van der Waals surface area contributed by atoms with E-state index in [1.807, 2.05) is 36.4 Å². The SMILES string of the molecule is COCCOc1cnnc(Nc2cc(-c3c(Nc4ccc(NC(C)=O)cc4)nc4cccnn34)nc(C)n2)c1. The van der Waals surface area contributed by atoms with E-state index in [1.165, 1.54) is 13.1 Å². The second kappa shape index (κ2) is 11.5. The van der Waals surface area contributed by atoms with Crippen molar-refractivity contribution in [2.24, 2.45) is 0 Å². The lowest BCUT2D eigenvalue weighted by Gasteiger charge is -2.11. The summed E-state index contributed by atoms with van der Waals surface area (Å²) >= 11 is 0. The third kappa shape index (κ3) is 6.22. The van der Waals surface area contributed by atoms with Crippen LogP contribution in [0.25, 0.3) is 17.0 Å². The van der Waals surface area contributed by atoms with Crippen LogP contribution in [-0.4, -0.2) is 61.0 Å². The number of carbonyl (C=O) groups is 1. The van der Waals surface area contributed by atoms with Gasteiger partial charge < -0.3 is 25.4 Å². The number of ether oxygens (including phenoxy) is 2. The molecule has 0 aliphatic heterocycles. The number of hydrogen-bond donors (Lipinski definition) is 3. The molecule has 5 aromatic rings. The molecule has 0 atom stereocenters. The number of hydrogen-bond acceptors (Lipinski definition) is 11. The van der Waals surface area contributed by atoms with E-state index in [1.54, 1.807) is 36.9 Å². The fourth-order valence-corrected chi connectivity index (χ4v) is 3.80. The molecular weight excluding hydrogens is 500 g/mol. The van der Waals surface area contributed by atoms with Crippen LogP contribution in [-0.2, 0) is 9.53 Å². The van der Waals surface area contributed by atoms with Gasteiger partial charge in [-0.2, -0.15) is 10.2 Å². The van der Waals surface area contributed by atoms with Crippen molar-refractivity contribution in [3.63, 3.8) is 0 Å². The zero-order valence-corrected chi connectivity index (χ0v) is 21.5. The summed E-state index contributed by atoms with van der Waals surface area (Å²) < 4.78 is 12.4. The van der Waals surface area contributed by atoms with Crippen LogP contribution in [0, 0.1) is 6.92 Å². The molecule has 39 heavy (non-hydrogen) atoms. The molecule has 1 aromatic carbocycles. The molecule has 0 spiro atoms. The summed E-state index contributed by atoms with van der Waals surface area (Å²) in [6.45, 7) is 4.12. The minimum Gasteiger partial charge on any atom is -0.489 e. The highest BCUT2D eigenvalue weighted by atomic mass is 16.5. The molecule has 13 heteroatoms. The molecule has 0 fully saturated rings. The maximum Gasteiger partial charge on any atom is 0.221 e. The van der Waals surface area contributed by atoms with Crippen LogP contribution in [0.1, 0.15) is 12.7 Å². The largest absolute Gasteiger partial charge is 0.489 e. The van der Waals surface area contributed by atoms with Crippen LogP contribution < -0.4 is 20.7 Å². The number of benzene rings is 1. The summed E-state index contributed by atoms with van der Waals surface area (Å²) in [5, 5.41) is 21.9. The van der Waals surface area contributed by atoms with E-state index in [0.29, 0.717) is 65.0 Å². The molecular formula is C26H26N10O3. The fourth-order valence-electron chi connectivity index (χ4n) is 3.80. The van der Waals surface area contributed by atoms with E-state index in [4.69, 9.17) is 14.5 Å². The molecule has 198 valence electrons. The number of fused-ring (bicyclic) bond motifs is 1. The van der Waals surface area contributed by atoms with Crippen molar-refractivity contribution in [1.29, 1.82) is 0 Å². The third-order valence-electron chi connectivity index (χ3n) is 5.38. The number of nitrogens with zero attached hydrogens (tertiary/aromatic N) is 7. The highest BCUT2D eigenvalue weighted by molar-refractivity contribution is 5.89. The number of carbonyl (C=O) groups excluding carboxylic acids is 1. The van der Waals surface area contributed by atoms with Gasteiger partial charge in [-0.05, 0) is 43.3 Å². The normalized spacial score (nSPS) is 10.8. The predicted molar refractivity (Wildman–Crippen MR) is 145 cm³/mol. The number of nitrogens with one attached hydrogen (secondary N) is 3. The Morgan fingerprint density at radius 3 is 2.59 bits per heavy atom. The summed E-state index contributed by atoms with van der Waals surface area (Å²) in [5.74, 6) is 2.48. The van der Waals surface area contributed by atoms with Crippen molar-refractivity contribution in [2.75, 3.05) is 36.3 Å². The van der Waals surface area contributed by atoms with Gasteiger partial charge in [0.05, 0.1) is 18.5 Å². The van der Waals surface area contributed by atoms with Gasteiger partial charge >= 0.3 is 0 Å². The first-order chi connectivity index (χ1) is 19.0. The minimum absolute atomic E-state index is 0.135. The Morgan fingerprint density at radius 2 is 1.79 bits per heavy atom. The third-order valence-corrected chi connectivity index (χ3v) is 5.38. The Balaban J connectivity index is 1.47. The molecule has 0 radical (unpaired) electrons. The second-order valence-electron chi connectivity index (χ2n) is 8.41. The number of rotatable bonds is 10. The van der Waals surface area contributed by atoms with Gasteiger partial charge in [0.15, 0.2) is 17.3 Å². The summed E-state index contributed by atoms with van der Waals surface area (Å²) in [4.78, 5) is 25.3. The Hall–Kier alpha value is -5.17.